The fourth-order valence-electron chi connectivity index (χ4n) is 2.46. The first kappa shape index (κ1) is 16.3. The van der Waals surface area contributed by atoms with Gasteiger partial charge in [0.1, 0.15) is 5.82 Å². The van der Waals surface area contributed by atoms with Gasteiger partial charge in [-0.2, -0.15) is 0 Å². The van der Waals surface area contributed by atoms with Crippen molar-refractivity contribution in [2.45, 2.75) is 0 Å². The molecule has 0 atom stereocenters. The smallest absolute Gasteiger partial charge is 0.255 e. The minimum atomic E-state index is -1.13. The van der Waals surface area contributed by atoms with Crippen molar-refractivity contribution in [1.82, 2.24) is 0 Å². The van der Waals surface area contributed by atoms with Crippen molar-refractivity contribution in [1.29, 1.82) is 0 Å². The van der Waals surface area contributed by atoms with Crippen LogP contribution < -0.4 is 10.2 Å². The predicted octanol–water partition coefficient (Wildman–Crippen LogP) is 3.19. The first-order valence-electron chi connectivity index (χ1n) is 7.43. The third-order valence-corrected chi connectivity index (χ3v) is 3.76. The second-order valence-electron chi connectivity index (χ2n) is 5.35. The highest BCUT2D eigenvalue weighted by Crippen LogP contribution is 2.24. The Labute approximate surface area is 136 Å². The van der Waals surface area contributed by atoms with Gasteiger partial charge in [-0.25, -0.2) is 13.2 Å². The Balaban J connectivity index is 1.80. The molecule has 1 amide bonds. The average molecular weight is 336 g/mol. The van der Waals surface area contributed by atoms with Crippen LogP contribution in [0.5, 0.6) is 0 Å². The summed E-state index contributed by atoms with van der Waals surface area (Å²) in [5.74, 6) is -3.51. The summed E-state index contributed by atoms with van der Waals surface area (Å²) in [4.78, 5) is 14.1. The van der Waals surface area contributed by atoms with E-state index in [1.165, 1.54) is 12.1 Å². The summed E-state index contributed by atoms with van der Waals surface area (Å²) in [5, 5.41) is 2.39. The zero-order valence-corrected chi connectivity index (χ0v) is 12.7. The molecule has 0 aromatic heterocycles. The molecule has 3 rings (SSSR count). The molecule has 4 nitrogen and oxygen atoms in total. The van der Waals surface area contributed by atoms with Crippen LogP contribution in [0.15, 0.2) is 36.4 Å². The lowest BCUT2D eigenvalue weighted by atomic mass is 10.2. The van der Waals surface area contributed by atoms with Crippen molar-refractivity contribution in [2.24, 2.45) is 0 Å². The molecule has 1 saturated heterocycles. The van der Waals surface area contributed by atoms with Gasteiger partial charge in [-0.1, -0.05) is 0 Å². The first-order valence-corrected chi connectivity index (χ1v) is 7.43. The largest absolute Gasteiger partial charge is 0.378 e. The summed E-state index contributed by atoms with van der Waals surface area (Å²) < 4.78 is 45.4. The number of amides is 1. The molecule has 1 aliphatic heterocycles. The van der Waals surface area contributed by atoms with Crippen LogP contribution >= 0.6 is 0 Å². The fourth-order valence-corrected chi connectivity index (χ4v) is 2.46. The molecule has 0 bridgehead atoms. The van der Waals surface area contributed by atoms with Crippen molar-refractivity contribution in [2.75, 3.05) is 36.5 Å². The van der Waals surface area contributed by atoms with Crippen molar-refractivity contribution in [3.63, 3.8) is 0 Å². The van der Waals surface area contributed by atoms with Crippen molar-refractivity contribution < 1.29 is 22.7 Å². The van der Waals surface area contributed by atoms with Crippen LogP contribution in [0, 0.1) is 17.5 Å². The number of hydrogen-bond donors (Lipinski definition) is 1. The van der Waals surface area contributed by atoms with E-state index in [9.17, 15) is 18.0 Å². The van der Waals surface area contributed by atoms with Crippen LogP contribution in [0.1, 0.15) is 10.4 Å². The molecule has 2 aromatic carbocycles. The van der Waals surface area contributed by atoms with Crippen LogP contribution in [0.4, 0.5) is 24.5 Å². The monoisotopic (exact) mass is 336 g/mol. The summed E-state index contributed by atoms with van der Waals surface area (Å²) in [7, 11) is 0. The van der Waals surface area contributed by atoms with Gasteiger partial charge in [0.25, 0.3) is 5.91 Å². The van der Waals surface area contributed by atoms with E-state index in [0.29, 0.717) is 26.3 Å². The van der Waals surface area contributed by atoms with E-state index in [4.69, 9.17) is 4.74 Å². The van der Waals surface area contributed by atoms with Gasteiger partial charge in [-0.05, 0) is 36.4 Å². The molecule has 1 heterocycles. The van der Waals surface area contributed by atoms with Crippen LogP contribution in [-0.4, -0.2) is 32.2 Å². The summed E-state index contributed by atoms with van der Waals surface area (Å²) in [6.07, 6.45) is 0. The van der Waals surface area contributed by atoms with Gasteiger partial charge in [-0.3, -0.25) is 4.79 Å². The van der Waals surface area contributed by atoms with E-state index < -0.39 is 23.4 Å². The number of nitrogens with one attached hydrogen (secondary N) is 1. The standard InChI is InChI=1S/C17H15F3N2O2/c18-13-3-1-11(9-15(13)20)17(23)21-16-10-12(2-4-14(16)19)22-5-7-24-8-6-22/h1-4,9-10H,5-8H2,(H,21,23). The minimum Gasteiger partial charge on any atom is -0.378 e. The predicted molar refractivity (Wildman–Crippen MR) is 83.7 cm³/mol. The maximum absolute atomic E-state index is 14.0. The minimum absolute atomic E-state index is 0.0197. The van der Waals surface area contributed by atoms with Gasteiger partial charge < -0.3 is 15.0 Å². The highest BCUT2D eigenvalue weighted by atomic mass is 19.2. The van der Waals surface area contributed by atoms with Gasteiger partial charge >= 0.3 is 0 Å². The Morgan fingerprint density at radius 3 is 2.38 bits per heavy atom. The van der Waals surface area contributed by atoms with Crippen LogP contribution in [-0.2, 0) is 4.74 Å². The number of ether oxygens (including phenoxy) is 1. The van der Waals surface area contributed by atoms with Gasteiger partial charge in [0, 0.05) is 24.3 Å². The molecule has 1 aliphatic rings. The molecule has 1 fully saturated rings. The van der Waals surface area contributed by atoms with Gasteiger partial charge in [0.05, 0.1) is 18.9 Å². The van der Waals surface area contributed by atoms with E-state index in [-0.39, 0.29) is 11.3 Å². The number of morpholine rings is 1. The molecule has 0 unspecified atom stereocenters. The Morgan fingerprint density at radius 1 is 0.958 bits per heavy atom. The molecule has 0 radical (unpaired) electrons. The van der Waals surface area contributed by atoms with E-state index in [1.54, 1.807) is 6.07 Å². The number of anilines is 2. The average Bonchev–Trinajstić information content (AvgIpc) is 2.60. The van der Waals surface area contributed by atoms with Crippen molar-refractivity contribution >= 4 is 17.3 Å². The molecule has 0 aliphatic carbocycles. The normalized spacial score (nSPS) is 14.5. The highest BCUT2D eigenvalue weighted by molar-refractivity contribution is 6.04. The summed E-state index contributed by atoms with van der Waals surface area (Å²) in [6, 6.07) is 7.15. The second kappa shape index (κ2) is 6.92. The van der Waals surface area contributed by atoms with Crippen LogP contribution in [0.2, 0.25) is 0 Å². The summed E-state index contributed by atoms with van der Waals surface area (Å²) >= 11 is 0. The Morgan fingerprint density at radius 2 is 1.67 bits per heavy atom. The third-order valence-electron chi connectivity index (χ3n) is 3.76. The number of carbonyl (C=O) groups excluding carboxylic acids is 1. The summed E-state index contributed by atoms with van der Waals surface area (Å²) in [6.45, 7) is 2.49. The topological polar surface area (TPSA) is 41.6 Å². The lowest BCUT2D eigenvalue weighted by Crippen LogP contribution is -2.36. The summed E-state index contributed by atoms with van der Waals surface area (Å²) in [5.41, 5.74) is 0.638. The fraction of sp³-hybridized carbons (Fsp3) is 0.235. The number of halogens is 3. The first-order chi connectivity index (χ1) is 11.5. The number of carbonyl (C=O) groups is 1. The SMILES string of the molecule is O=C(Nc1cc(N2CCOCC2)ccc1F)c1ccc(F)c(F)c1. The maximum atomic E-state index is 14.0. The molecule has 0 saturated carbocycles. The molecule has 2 aromatic rings. The number of benzene rings is 2. The molecule has 0 spiro atoms. The van der Waals surface area contributed by atoms with E-state index >= 15 is 0 Å². The zero-order valence-electron chi connectivity index (χ0n) is 12.7. The van der Waals surface area contributed by atoms with Crippen LogP contribution in [0.3, 0.4) is 0 Å². The van der Waals surface area contributed by atoms with Gasteiger partial charge in [-0.15, -0.1) is 0 Å². The third kappa shape index (κ3) is 3.51. The molecule has 24 heavy (non-hydrogen) atoms. The molecule has 7 heteroatoms. The quantitative estimate of drug-likeness (QED) is 0.936. The maximum Gasteiger partial charge on any atom is 0.255 e. The Bertz CT molecular complexity index is 761. The molecular formula is C17H15F3N2O2. The zero-order chi connectivity index (χ0) is 17.1. The van der Waals surface area contributed by atoms with Crippen LogP contribution in [0.25, 0.3) is 0 Å². The second-order valence-corrected chi connectivity index (χ2v) is 5.35. The Hall–Kier alpha value is -2.54. The van der Waals surface area contributed by atoms with E-state index in [2.05, 4.69) is 5.32 Å². The molecule has 126 valence electrons. The van der Waals surface area contributed by atoms with E-state index in [1.807, 2.05) is 4.90 Å². The van der Waals surface area contributed by atoms with Crippen molar-refractivity contribution in [3.8, 4) is 0 Å². The van der Waals surface area contributed by atoms with Gasteiger partial charge in [0.2, 0.25) is 0 Å². The number of hydrogen-bond acceptors (Lipinski definition) is 3. The van der Waals surface area contributed by atoms with E-state index in [0.717, 1.165) is 23.9 Å². The molecular weight excluding hydrogens is 321 g/mol. The lowest BCUT2D eigenvalue weighted by Gasteiger charge is -2.29. The number of rotatable bonds is 3. The lowest BCUT2D eigenvalue weighted by molar-refractivity contribution is 0.102. The molecule has 1 N–H and O–H groups in total. The number of nitrogens with zero attached hydrogens (tertiary/aromatic N) is 1. The Kier molecular flexibility index (Phi) is 4.71. The van der Waals surface area contributed by atoms with Crippen molar-refractivity contribution in [3.05, 3.63) is 59.4 Å². The van der Waals surface area contributed by atoms with Gasteiger partial charge in [0.15, 0.2) is 11.6 Å². The highest BCUT2D eigenvalue weighted by Gasteiger charge is 2.16.